The molecule has 0 unspecified atom stereocenters. The van der Waals surface area contributed by atoms with Crippen LogP contribution in [0, 0.1) is 5.41 Å². The molecule has 0 radical (unpaired) electrons. The van der Waals surface area contributed by atoms with Crippen LogP contribution in [-0.2, 0) is 4.79 Å². The van der Waals surface area contributed by atoms with Gasteiger partial charge in [-0.05, 0) is 38.3 Å². The highest BCUT2D eigenvalue weighted by Gasteiger charge is 2.42. The summed E-state index contributed by atoms with van der Waals surface area (Å²) in [5, 5.41) is 9.52. The predicted molar refractivity (Wildman–Crippen MR) is 80.9 cm³/mol. The van der Waals surface area contributed by atoms with E-state index in [0.717, 1.165) is 0 Å². The van der Waals surface area contributed by atoms with Gasteiger partial charge in [-0.1, -0.05) is 6.92 Å². The number of carboxylic acid groups (broad SMARTS) is 1. The summed E-state index contributed by atoms with van der Waals surface area (Å²) in [6.07, 6.45) is 3.38. The number of pyridine rings is 1. The molecule has 1 aromatic rings. The first-order valence-electron chi connectivity index (χ1n) is 7.64. The number of carboxylic acids is 1. The van der Waals surface area contributed by atoms with Crippen LogP contribution in [0.15, 0.2) is 18.3 Å². The third kappa shape index (κ3) is 3.05. The summed E-state index contributed by atoms with van der Waals surface area (Å²) in [6.45, 7) is 4.91. The average Bonchev–Trinajstić information content (AvgIpc) is 2.55. The lowest BCUT2D eigenvalue weighted by Crippen LogP contribution is -2.49. The molecule has 0 bridgehead atoms. The van der Waals surface area contributed by atoms with Crippen LogP contribution in [0.2, 0.25) is 0 Å². The van der Waals surface area contributed by atoms with Gasteiger partial charge in [0.2, 0.25) is 5.88 Å². The zero-order valence-electron chi connectivity index (χ0n) is 13.0. The first-order valence-corrected chi connectivity index (χ1v) is 7.64. The van der Waals surface area contributed by atoms with Gasteiger partial charge in [0.25, 0.3) is 5.91 Å². The number of carbonyl (C=O) groups excluding carboxylic acids is 1. The largest absolute Gasteiger partial charge is 0.481 e. The average molecular weight is 306 g/mol. The van der Waals surface area contributed by atoms with E-state index in [2.05, 4.69) is 4.98 Å². The summed E-state index contributed by atoms with van der Waals surface area (Å²) in [6, 6.07) is 3.35. The Morgan fingerprint density at radius 1 is 1.45 bits per heavy atom. The number of likely N-dealkylation sites (tertiary alicyclic amines) is 1. The number of aromatic nitrogens is 1. The van der Waals surface area contributed by atoms with Crippen molar-refractivity contribution in [3.05, 3.63) is 23.9 Å². The number of amides is 1. The van der Waals surface area contributed by atoms with E-state index in [1.165, 1.54) is 0 Å². The number of nitrogens with zero attached hydrogens (tertiary/aromatic N) is 2. The lowest BCUT2D eigenvalue weighted by Gasteiger charge is -2.39. The van der Waals surface area contributed by atoms with Crippen molar-refractivity contribution in [1.82, 2.24) is 9.88 Å². The summed E-state index contributed by atoms with van der Waals surface area (Å²) in [7, 11) is 0. The summed E-state index contributed by atoms with van der Waals surface area (Å²) < 4.78 is 5.40. The van der Waals surface area contributed by atoms with Gasteiger partial charge in [-0.3, -0.25) is 9.59 Å². The SMILES string of the molecule is CCOc1ncccc1C(=O)N1CCC[C@](CC)(C(=O)O)C1. The number of rotatable bonds is 5. The summed E-state index contributed by atoms with van der Waals surface area (Å²) >= 11 is 0. The van der Waals surface area contributed by atoms with Crippen LogP contribution in [0.1, 0.15) is 43.5 Å². The Morgan fingerprint density at radius 3 is 2.86 bits per heavy atom. The minimum Gasteiger partial charge on any atom is -0.481 e. The van der Waals surface area contributed by atoms with Crippen molar-refractivity contribution in [2.24, 2.45) is 5.41 Å². The van der Waals surface area contributed by atoms with Gasteiger partial charge in [-0.25, -0.2) is 4.98 Å². The highest BCUT2D eigenvalue weighted by atomic mass is 16.5. The van der Waals surface area contributed by atoms with Gasteiger partial charge >= 0.3 is 5.97 Å². The molecule has 1 saturated heterocycles. The van der Waals surface area contributed by atoms with E-state index in [9.17, 15) is 14.7 Å². The van der Waals surface area contributed by atoms with Gasteiger partial charge in [0, 0.05) is 19.3 Å². The van der Waals surface area contributed by atoms with Crippen molar-refractivity contribution in [3.63, 3.8) is 0 Å². The molecule has 1 amide bonds. The van der Waals surface area contributed by atoms with Crippen molar-refractivity contribution >= 4 is 11.9 Å². The monoisotopic (exact) mass is 306 g/mol. The van der Waals surface area contributed by atoms with E-state index in [4.69, 9.17) is 4.74 Å². The number of hydrogen-bond donors (Lipinski definition) is 1. The second-order valence-corrected chi connectivity index (χ2v) is 5.56. The third-order valence-electron chi connectivity index (χ3n) is 4.28. The number of hydrogen-bond acceptors (Lipinski definition) is 4. The molecule has 1 aliphatic heterocycles. The second kappa shape index (κ2) is 6.77. The molecule has 1 fully saturated rings. The number of piperidine rings is 1. The molecule has 120 valence electrons. The van der Waals surface area contributed by atoms with E-state index in [-0.39, 0.29) is 12.5 Å². The maximum Gasteiger partial charge on any atom is 0.311 e. The van der Waals surface area contributed by atoms with Crippen LogP contribution in [-0.4, -0.2) is 46.6 Å². The molecule has 1 N–H and O–H groups in total. The fraction of sp³-hybridized carbons (Fsp3) is 0.562. The van der Waals surface area contributed by atoms with Crippen LogP contribution in [0.25, 0.3) is 0 Å². The molecule has 22 heavy (non-hydrogen) atoms. The van der Waals surface area contributed by atoms with Crippen LogP contribution in [0.4, 0.5) is 0 Å². The van der Waals surface area contributed by atoms with Crippen LogP contribution < -0.4 is 4.74 Å². The maximum atomic E-state index is 12.7. The van der Waals surface area contributed by atoms with E-state index in [1.54, 1.807) is 23.2 Å². The molecule has 6 nitrogen and oxygen atoms in total. The van der Waals surface area contributed by atoms with Gasteiger partial charge in [-0.2, -0.15) is 0 Å². The molecule has 1 atom stereocenters. The maximum absolute atomic E-state index is 12.7. The Balaban J connectivity index is 2.24. The van der Waals surface area contributed by atoms with Gasteiger partial charge in [-0.15, -0.1) is 0 Å². The Bertz CT molecular complexity index is 561. The topological polar surface area (TPSA) is 79.7 Å². The second-order valence-electron chi connectivity index (χ2n) is 5.56. The van der Waals surface area contributed by atoms with Crippen LogP contribution in [0.5, 0.6) is 5.88 Å². The molecule has 0 aromatic carbocycles. The van der Waals surface area contributed by atoms with Crippen molar-refractivity contribution in [2.75, 3.05) is 19.7 Å². The molecule has 1 aromatic heterocycles. The quantitative estimate of drug-likeness (QED) is 0.902. The van der Waals surface area contributed by atoms with E-state index >= 15 is 0 Å². The highest BCUT2D eigenvalue weighted by molar-refractivity contribution is 5.96. The van der Waals surface area contributed by atoms with E-state index in [0.29, 0.717) is 43.9 Å². The van der Waals surface area contributed by atoms with Gasteiger partial charge in [0.15, 0.2) is 0 Å². The molecule has 1 aliphatic rings. The van der Waals surface area contributed by atoms with Crippen LogP contribution >= 0.6 is 0 Å². The first kappa shape index (κ1) is 16.3. The molecule has 2 rings (SSSR count). The van der Waals surface area contributed by atoms with Crippen molar-refractivity contribution in [1.29, 1.82) is 0 Å². The van der Waals surface area contributed by atoms with Crippen molar-refractivity contribution in [2.45, 2.75) is 33.1 Å². The van der Waals surface area contributed by atoms with E-state index < -0.39 is 11.4 Å². The normalized spacial score (nSPS) is 21.5. The fourth-order valence-corrected chi connectivity index (χ4v) is 2.90. The lowest BCUT2D eigenvalue weighted by molar-refractivity contribution is -0.152. The smallest absolute Gasteiger partial charge is 0.311 e. The molecule has 0 saturated carbocycles. The molecular weight excluding hydrogens is 284 g/mol. The number of aliphatic carboxylic acids is 1. The predicted octanol–water partition coefficient (Wildman–Crippen LogP) is 2.20. The van der Waals surface area contributed by atoms with Gasteiger partial charge in [0.1, 0.15) is 5.56 Å². The van der Waals surface area contributed by atoms with Crippen LogP contribution in [0.3, 0.4) is 0 Å². The molecular formula is C16H22N2O4. The summed E-state index contributed by atoms with van der Waals surface area (Å²) in [5.74, 6) is -0.739. The molecule has 0 aliphatic carbocycles. The highest BCUT2D eigenvalue weighted by Crippen LogP contribution is 2.34. The molecule has 2 heterocycles. The zero-order chi connectivity index (χ0) is 16.2. The van der Waals surface area contributed by atoms with Crippen molar-refractivity contribution < 1.29 is 19.4 Å². The first-order chi connectivity index (χ1) is 10.5. The number of carbonyl (C=O) groups is 2. The Labute approximate surface area is 130 Å². The summed E-state index contributed by atoms with van der Waals surface area (Å²) in [4.78, 5) is 30.0. The standard InChI is InChI=1S/C16H22N2O4/c1-3-16(15(20)21)8-6-10-18(11-16)14(19)12-7-5-9-17-13(12)22-4-2/h5,7,9H,3-4,6,8,10-11H2,1-2H3,(H,20,21)/t16-/m0/s1. The van der Waals surface area contributed by atoms with Gasteiger partial charge in [0.05, 0.1) is 12.0 Å². The van der Waals surface area contributed by atoms with Crippen molar-refractivity contribution in [3.8, 4) is 5.88 Å². The minimum atomic E-state index is -0.845. The number of ether oxygens (including phenoxy) is 1. The lowest BCUT2D eigenvalue weighted by atomic mass is 9.77. The fourth-order valence-electron chi connectivity index (χ4n) is 2.90. The minimum absolute atomic E-state index is 0.213. The van der Waals surface area contributed by atoms with Gasteiger partial charge < -0.3 is 14.7 Å². The Morgan fingerprint density at radius 2 is 2.23 bits per heavy atom. The zero-order valence-corrected chi connectivity index (χ0v) is 13.0. The Hall–Kier alpha value is -2.11. The molecule has 0 spiro atoms. The third-order valence-corrected chi connectivity index (χ3v) is 4.28. The summed E-state index contributed by atoms with van der Waals surface area (Å²) in [5.41, 5.74) is -0.455. The Kier molecular flexibility index (Phi) is 5.00. The molecule has 6 heteroatoms. The van der Waals surface area contributed by atoms with E-state index in [1.807, 2.05) is 13.8 Å².